The lowest BCUT2D eigenvalue weighted by Crippen LogP contribution is -2.34. The third-order valence-electron chi connectivity index (χ3n) is 3.86. The van der Waals surface area contributed by atoms with Gasteiger partial charge < -0.3 is 9.88 Å². The summed E-state index contributed by atoms with van der Waals surface area (Å²) >= 11 is 0. The van der Waals surface area contributed by atoms with Gasteiger partial charge in [-0.05, 0) is 19.3 Å². The monoisotopic (exact) mass is 288 g/mol. The van der Waals surface area contributed by atoms with E-state index in [1.807, 2.05) is 0 Å². The lowest BCUT2D eigenvalue weighted by atomic mass is 9.99. The van der Waals surface area contributed by atoms with Crippen molar-refractivity contribution in [2.45, 2.75) is 44.9 Å². The molecule has 110 valence electrons. The van der Waals surface area contributed by atoms with Crippen LogP contribution in [0.1, 0.15) is 30.9 Å². The van der Waals surface area contributed by atoms with Crippen LogP contribution < -0.4 is 5.32 Å². The van der Waals surface area contributed by atoms with Gasteiger partial charge in [0.05, 0.1) is 12.5 Å². The Balaban J connectivity index is 1.68. The smallest absolute Gasteiger partial charge is 0.349 e. The molecule has 1 fully saturated rings. The highest BCUT2D eigenvalue weighted by Gasteiger charge is 2.42. The molecule has 1 atom stereocenters. The van der Waals surface area contributed by atoms with Gasteiger partial charge in [0, 0.05) is 18.9 Å². The molecule has 0 unspecified atom stereocenters. The molecule has 2 heterocycles. The predicted octanol–water partition coefficient (Wildman–Crippen LogP) is 1.43. The van der Waals surface area contributed by atoms with E-state index < -0.39 is 12.1 Å². The molecular weight excluding hydrogens is 273 g/mol. The fraction of sp³-hybridized carbons (Fsp3) is 0.750. The van der Waals surface area contributed by atoms with Crippen LogP contribution in [0, 0.1) is 11.8 Å². The Morgan fingerprint density at radius 2 is 2.05 bits per heavy atom. The van der Waals surface area contributed by atoms with Crippen molar-refractivity contribution < 1.29 is 18.0 Å². The van der Waals surface area contributed by atoms with Gasteiger partial charge in [0.1, 0.15) is 5.82 Å². The molecule has 1 saturated carbocycles. The highest BCUT2D eigenvalue weighted by Crippen LogP contribution is 2.34. The second-order valence-electron chi connectivity index (χ2n) is 5.41. The van der Waals surface area contributed by atoms with Crippen molar-refractivity contribution in [2.24, 2.45) is 11.8 Å². The zero-order valence-corrected chi connectivity index (χ0v) is 10.8. The van der Waals surface area contributed by atoms with Crippen LogP contribution in [0.15, 0.2) is 0 Å². The van der Waals surface area contributed by atoms with Crippen LogP contribution in [0.4, 0.5) is 13.2 Å². The molecule has 0 saturated heterocycles. The minimum absolute atomic E-state index is 0.0504. The van der Waals surface area contributed by atoms with E-state index in [0.717, 1.165) is 12.8 Å². The molecule has 0 spiro atoms. The average molecular weight is 288 g/mol. The topological polar surface area (TPSA) is 59.8 Å². The summed E-state index contributed by atoms with van der Waals surface area (Å²) in [7, 11) is 0. The van der Waals surface area contributed by atoms with E-state index in [1.54, 1.807) is 0 Å². The summed E-state index contributed by atoms with van der Waals surface area (Å²) in [4.78, 5) is 11.5. The SMILES string of the molecule is O=C(NCc1nnc2n1C[C@H](C(F)(F)F)CC2)C1CC1. The lowest BCUT2D eigenvalue weighted by molar-refractivity contribution is -0.182. The quantitative estimate of drug-likeness (QED) is 0.915. The number of hydrogen-bond donors (Lipinski definition) is 1. The molecule has 0 radical (unpaired) electrons. The summed E-state index contributed by atoms with van der Waals surface area (Å²) in [5.41, 5.74) is 0. The van der Waals surface area contributed by atoms with Crippen LogP contribution in [0.5, 0.6) is 0 Å². The van der Waals surface area contributed by atoms with E-state index in [9.17, 15) is 18.0 Å². The fourth-order valence-corrected chi connectivity index (χ4v) is 2.44. The standard InChI is InChI=1S/C12H15F3N4O/c13-12(14,15)8-3-4-9-17-18-10(19(9)6-8)5-16-11(20)7-1-2-7/h7-8H,1-6H2,(H,16,20)/t8-/m1/s1. The van der Waals surface area contributed by atoms with E-state index in [0.29, 0.717) is 11.6 Å². The van der Waals surface area contributed by atoms with Crippen molar-refractivity contribution >= 4 is 5.91 Å². The normalized spacial score (nSPS) is 22.4. The van der Waals surface area contributed by atoms with Gasteiger partial charge in [-0.15, -0.1) is 10.2 Å². The van der Waals surface area contributed by atoms with Crippen LogP contribution in [-0.2, 0) is 24.3 Å². The number of nitrogens with zero attached hydrogens (tertiary/aromatic N) is 3. The number of alkyl halides is 3. The molecule has 8 heteroatoms. The Bertz CT molecular complexity index is 521. The molecule has 0 aromatic carbocycles. The summed E-state index contributed by atoms with van der Waals surface area (Å²) < 4.78 is 39.8. The minimum atomic E-state index is -4.20. The Morgan fingerprint density at radius 3 is 2.70 bits per heavy atom. The van der Waals surface area contributed by atoms with Gasteiger partial charge in [-0.2, -0.15) is 13.2 Å². The van der Waals surface area contributed by atoms with E-state index in [-0.39, 0.29) is 37.8 Å². The first kappa shape index (κ1) is 13.4. The number of amides is 1. The first-order valence-corrected chi connectivity index (χ1v) is 6.70. The van der Waals surface area contributed by atoms with Crippen LogP contribution in [0.3, 0.4) is 0 Å². The van der Waals surface area contributed by atoms with Crippen molar-refractivity contribution in [3.05, 3.63) is 11.6 Å². The van der Waals surface area contributed by atoms with Crippen LogP contribution in [0.2, 0.25) is 0 Å². The van der Waals surface area contributed by atoms with E-state index >= 15 is 0 Å². The molecule has 0 bridgehead atoms. The van der Waals surface area contributed by atoms with Gasteiger partial charge in [-0.1, -0.05) is 0 Å². The summed E-state index contributed by atoms with van der Waals surface area (Å²) in [5, 5.41) is 10.5. The molecule has 1 aliphatic carbocycles. The Hall–Kier alpha value is -1.60. The molecule has 1 amide bonds. The summed E-state index contributed by atoms with van der Waals surface area (Å²) in [6.45, 7) is -0.00657. The zero-order valence-electron chi connectivity index (χ0n) is 10.8. The van der Waals surface area contributed by atoms with Crippen molar-refractivity contribution in [1.82, 2.24) is 20.1 Å². The third-order valence-corrected chi connectivity index (χ3v) is 3.86. The van der Waals surface area contributed by atoms with Gasteiger partial charge in [0.2, 0.25) is 5.91 Å². The van der Waals surface area contributed by atoms with E-state index in [2.05, 4.69) is 15.5 Å². The maximum Gasteiger partial charge on any atom is 0.393 e. The molecule has 5 nitrogen and oxygen atoms in total. The molecule has 20 heavy (non-hydrogen) atoms. The van der Waals surface area contributed by atoms with E-state index in [1.165, 1.54) is 4.57 Å². The molecule has 3 rings (SSSR count). The highest BCUT2D eigenvalue weighted by molar-refractivity contribution is 5.80. The molecule has 1 aromatic rings. The summed E-state index contributed by atoms with van der Waals surface area (Å²) in [5.74, 6) is -0.361. The number of carbonyl (C=O) groups excluding carboxylic acids is 1. The van der Waals surface area contributed by atoms with Gasteiger partial charge >= 0.3 is 6.18 Å². The minimum Gasteiger partial charge on any atom is -0.349 e. The first-order chi connectivity index (χ1) is 9.45. The number of carbonyl (C=O) groups is 1. The van der Waals surface area contributed by atoms with Gasteiger partial charge in [0.25, 0.3) is 0 Å². The fourth-order valence-electron chi connectivity index (χ4n) is 2.44. The maximum absolute atomic E-state index is 12.8. The van der Waals surface area contributed by atoms with Crippen LogP contribution in [-0.4, -0.2) is 26.8 Å². The van der Waals surface area contributed by atoms with Gasteiger partial charge in [-0.3, -0.25) is 4.79 Å². The second kappa shape index (κ2) is 4.75. The van der Waals surface area contributed by atoms with Gasteiger partial charge in [0.15, 0.2) is 5.82 Å². The van der Waals surface area contributed by atoms with Crippen molar-refractivity contribution in [2.75, 3.05) is 0 Å². The predicted molar refractivity (Wildman–Crippen MR) is 62.5 cm³/mol. The van der Waals surface area contributed by atoms with Crippen molar-refractivity contribution in [3.63, 3.8) is 0 Å². The average Bonchev–Trinajstić information content (AvgIpc) is 3.16. The summed E-state index contributed by atoms with van der Waals surface area (Å²) in [6.07, 6.45) is -2.10. The van der Waals surface area contributed by atoms with E-state index in [4.69, 9.17) is 0 Å². The van der Waals surface area contributed by atoms with Gasteiger partial charge in [-0.25, -0.2) is 0 Å². The third kappa shape index (κ3) is 2.64. The molecule has 2 aliphatic rings. The Morgan fingerprint density at radius 1 is 1.30 bits per heavy atom. The molecular formula is C12H15F3N4O. The Labute approximate surface area is 113 Å². The number of halogens is 3. The molecule has 1 N–H and O–H groups in total. The number of nitrogens with one attached hydrogen (secondary N) is 1. The number of aryl methyl sites for hydroxylation is 1. The lowest BCUT2D eigenvalue weighted by Gasteiger charge is -2.26. The molecule has 1 aliphatic heterocycles. The highest BCUT2D eigenvalue weighted by atomic mass is 19.4. The van der Waals surface area contributed by atoms with Crippen molar-refractivity contribution in [3.8, 4) is 0 Å². The molecule has 1 aromatic heterocycles. The number of aromatic nitrogens is 3. The van der Waals surface area contributed by atoms with Crippen LogP contribution >= 0.6 is 0 Å². The van der Waals surface area contributed by atoms with Crippen molar-refractivity contribution in [1.29, 1.82) is 0 Å². The zero-order chi connectivity index (χ0) is 14.3. The Kier molecular flexibility index (Phi) is 3.18. The maximum atomic E-state index is 12.8. The number of fused-ring (bicyclic) bond motifs is 1. The largest absolute Gasteiger partial charge is 0.393 e. The summed E-state index contributed by atoms with van der Waals surface area (Å²) in [6, 6.07) is 0. The second-order valence-corrected chi connectivity index (χ2v) is 5.41. The number of hydrogen-bond acceptors (Lipinski definition) is 3. The first-order valence-electron chi connectivity index (χ1n) is 6.70. The number of rotatable bonds is 3. The van der Waals surface area contributed by atoms with Crippen LogP contribution in [0.25, 0.3) is 0 Å².